The molecule has 0 unspecified atom stereocenters. The molecule has 0 heterocycles. The quantitative estimate of drug-likeness (QED) is 0.705. The van der Waals surface area contributed by atoms with Gasteiger partial charge in [0.2, 0.25) is 0 Å². The fourth-order valence-corrected chi connectivity index (χ4v) is 2.11. The first-order chi connectivity index (χ1) is 9.32. The van der Waals surface area contributed by atoms with Crippen LogP contribution in [0.4, 0.5) is 10.5 Å². The molecule has 6 heteroatoms. The van der Waals surface area contributed by atoms with E-state index in [1.54, 1.807) is 25.6 Å². The van der Waals surface area contributed by atoms with E-state index in [1.165, 1.54) is 0 Å². The van der Waals surface area contributed by atoms with Crippen molar-refractivity contribution in [1.29, 1.82) is 0 Å². The molecule has 0 bridgehead atoms. The number of urea groups is 1. The summed E-state index contributed by atoms with van der Waals surface area (Å²) in [5.74, 6) is -0.868. The van der Waals surface area contributed by atoms with Gasteiger partial charge in [-0.2, -0.15) is 0 Å². The van der Waals surface area contributed by atoms with Crippen LogP contribution >= 0.6 is 11.8 Å². The molecule has 20 heavy (non-hydrogen) atoms. The number of hydrogen-bond acceptors (Lipinski definition) is 3. The van der Waals surface area contributed by atoms with E-state index < -0.39 is 11.5 Å². The summed E-state index contributed by atoms with van der Waals surface area (Å²) in [6.07, 6.45) is 2.37. The van der Waals surface area contributed by atoms with Gasteiger partial charge in [-0.3, -0.25) is 4.79 Å². The summed E-state index contributed by atoms with van der Waals surface area (Å²) in [5, 5.41) is 14.2. The lowest BCUT2D eigenvalue weighted by atomic mass is 9.99. The first-order valence-electron chi connectivity index (χ1n) is 6.27. The number of carbonyl (C=O) groups excluding carboxylic acids is 1. The largest absolute Gasteiger partial charge is 0.481 e. The van der Waals surface area contributed by atoms with Gasteiger partial charge in [0.05, 0.1) is 0 Å². The number of hydrogen-bond donors (Lipinski definition) is 3. The van der Waals surface area contributed by atoms with Gasteiger partial charge in [0, 0.05) is 22.5 Å². The lowest BCUT2D eigenvalue weighted by Crippen LogP contribution is -2.45. The van der Waals surface area contributed by atoms with Crippen molar-refractivity contribution in [3.8, 4) is 0 Å². The van der Waals surface area contributed by atoms with E-state index in [0.29, 0.717) is 12.1 Å². The SMILES string of the molecule is CSc1cccc(NC(=O)NC(C)(C)CCC(=O)O)c1. The van der Waals surface area contributed by atoms with E-state index in [9.17, 15) is 9.59 Å². The number of carboxylic acid groups (broad SMARTS) is 1. The van der Waals surface area contributed by atoms with Gasteiger partial charge in [-0.15, -0.1) is 11.8 Å². The zero-order valence-electron chi connectivity index (χ0n) is 11.9. The minimum atomic E-state index is -0.868. The second-order valence-corrected chi connectivity index (χ2v) is 5.97. The van der Waals surface area contributed by atoms with Crippen LogP contribution in [-0.2, 0) is 4.79 Å². The Morgan fingerprint density at radius 3 is 2.65 bits per heavy atom. The second kappa shape index (κ2) is 7.19. The smallest absolute Gasteiger partial charge is 0.319 e. The number of benzene rings is 1. The third kappa shape index (κ3) is 5.97. The van der Waals surface area contributed by atoms with Gasteiger partial charge in [0.25, 0.3) is 0 Å². The topological polar surface area (TPSA) is 78.4 Å². The molecule has 1 rings (SSSR count). The third-order valence-corrected chi connectivity index (χ3v) is 3.47. The van der Waals surface area contributed by atoms with Crippen LogP contribution in [0.3, 0.4) is 0 Å². The van der Waals surface area contributed by atoms with Gasteiger partial charge >= 0.3 is 12.0 Å². The zero-order chi connectivity index (χ0) is 15.2. The van der Waals surface area contributed by atoms with E-state index in [-0.39, 0.29) is 12.5 Å². The summed E-state index contributed by atoms with van der Waals surface area (Å²) in [5.41, 5.74) is 0.142. The molecule has 1 aromatic rings. The first-order valence-corrected chi connectivity index (χ1v) is 7.50. The highest BCUT2D eigenvalue weighted by Gasteiger charge is 2.21. The highest BCUT2D eigenvalue weighted by Crippen LogP contribution is 2.19. The van der Waals surface area contributed by atoms with Crippen molar-refractivity contribution in [3.05, 3.63) is 24.3 Å². The van der Waals surface area contributed by atoms with Crippen LogP contribution < -0.4 is 10.6 Å². The summed E-state index contributed by atoms with van der Waals surface area (Å²) in [4.78, 5) is 23.5. The number of anilines is 1. The van der Waals surface area contributed by atoms with E-state index in [2.05, 4.69) is 10.6 Å². The predicted octanol–water partition coefficient (Wildman–Crippen LogP) is 3.17. The van der Waals surface area contributed by atoms with E-state index >= 15 is 0 Å². The molecule has 0 fully saturated rings. The van der Waals surface area contributed by atoms with Gasteiger partial charge in [-0.25, -0.2) is 4.79 Å². The van der Waals surface area contributed by atoms with E-state index in [1.807, 2.05) is 30.5 Å². The van der Waals surface area contributed by atoms with Gasteiger partial charge in [-0.05, 0) is 44.7 Å². The fraction of sp³-hybridized carbons (Fsp3) is 0.429. The molecule has 0 aliphatic heterocycles. The molecule has 0 aromatic heterocycles. The lowest BCUT2D eigenvalue weighted by Gasteiger charge is -2.25. The Labute approximate surface area is 123 Å². The van der Waals surface area contributed by atoms with Crippen LogP contribution in [0.2, 0.25) is 0 Å². The maximum Gasteiger partial charge on any atom is 0.319 e. The molecule has 0 spiro atoms. The highest BCUT2D eigenvalue weighted by atomic mass is 32.2. The monoisotopic (exact) mass is 296 g/mol. The third-order valence-electron chi connectivity index (χ3n) is 2.74. The molecule has 2 amide bonds. The molecule has 0 atom stereocenters. The molecular formula is C14H20N2O3S. The number of thioether (sulfide) groups is 1. The number of amides is 2. The van der Waals surface area contributed by atoms with Crippen LogP contribution in [0.1, 0.15) is 26.7 Å². The molecule has 0 radical (unpaired) electrons. The maximum atomic E-state index is 11.9. The van der Waals surface area contributed by atoms with Crippen LogP contribution in [-0.4, -0.2) is 28.9 Å². The first kappa shape index (κ1) is 16.4. The Kier molecular flexibility index (Phi) is 5.88. The van der Waals surface area contributed by atoms with Gasteiger partial charge < -0.3 is 15.7 Å². The molecule has 0 saturated heterocycles. The molecule has 3 N–H and O–H groups in total. The average Bonchev–Trinajstić information content (AvgIpc) is 2.36. The van der Waals surface area contributed by atoms with Crippen molar-refractivity contribution < 1.29 is 14.7 Å². The van der Waals surface area contributed by atoms with E-state index in [0.717, 1.165) is 4.90 Å². The van der Waals surface area contributed by atoms with Crippen molar-refractivity contribution in [2.75, 3.05) is 11.6 Å². The molecule has 1 aromatic carbocycles. The summed E-state index contributed by atoms with van der Waals surface area (Å²) >= 11 is 1.60. The average molecular weight is 296 g/mol. The Morgan fingerprint density at radius 1 is 1.35 bits per heavy atom. The number of carboxylic acids is 1. The van der Waals surface area contributed by atoms with Crippen LogP contribution in [0, 0.1) is 0 Å². The molecule has 0 aliphatic carbocycles. The van der Waals surface area contributed by atoms with Crippen LogP contribution in [0.25, 0.3) is 0 Å². The molecule has 0 aliphatic rings. The Hall–Kier alpha value is -1.69. The van der Waals surface area contributed by atoms with Crippen molar-refractivity contribution in [3.63, 3.8) is 0 Å². The Morgan fingerprint density at radius 2 is 2.05 bits per heavy atom. The number of nitrogens with one attached hydrogen (secondary N) is 2. The number of aliphatic carboxylic acids is 1. The number of rotatable bonds is 6. The normalized spacial score (nSPS) is 10.9. The molecule has 5 nitrogen and oxygen atoms in total. The number of carbonyl (C=O) groups is 2. The fourth-order valence-electron chi connectivity index (χ4n) is 1.65. The Bertz CT molecular complexity index is 489. The second-order valence-electron chi connectivity index (χ2n) is 5.09. The summed E-state index contributed by atoms with van der Waals surface area (Å²) < 4.78 is 0. The van der Waals surface area contributed by atoms with Crippen LogP contribution in [0.5, 0.6) is 0 Å². The molecule has 110 valence electrons. The van der Waals surface area contributed by atoms with Crippen molar-refractivity contribution in [1.82, 2.24) is 5.32 Å². The van der Waals surface area contributed by atoms with Gasteiger partial charge in [0.1, 0.15) is 0 Å². The predicted molar refractivity (Wildman–Crippen MR) is 81.3 cm³/mol. The summed E-state index contributed by atoms with van der Waals surface area (Å²) in [7, 11) is 0. The maximum absolute atomic E-state index is 11.9. The lowest BCUT2D eigenvalue weighted by molar-refractivity contribution is -0.137. The van der Waals surface area contributed by atoms with Crippen molar-refractivity contribution in [2.45, 2.75) is 37.1 Å². The molecular weight excluding hydrogens is 276 g/mol. The van der Waals surface area contributed by atoms with Crippen molar-refractivity contribution in [2.24, 2.45) is 0 Å². The highest BCUT2D eigenvalue weighted by molar-refractivity contribution is 7.98. The minimum Gasteiger partial charge on any atom is -0.481 e. The molecule has 0 saturated carbocycles. The summed E-state index contributed by atoms with van der Waals surface area (Å²) in [6, 6.07) is 7.19. The van der Waals surface area contributed by atoms with E-state index in [4.69, 9.17) is 5.11 Å². The van der Waals surface area contributed by atoms with Gasteiger partial charge in [-0.1, -0.05) is 6.07 Å². The standard InChI is InChI=1S/C14H20N2O3S/c1-14(2,8-7-12(17)18)16-13(19)15-10-5-4-6-11(9-10)20-3/h4-6,9H,7-8H2,1-3H3,(H,17,18)(H2,15,16,19). The van der Waals surface area contributed by atoms with Gasteiger partial charge in [0.15, 0.2) is 0 Å². The zero-order valence-corrected chi connectivity index (χ0v) is 12.7. The van der Waals surface area contributed by atoms with Crippen molar-refractivity contribution >= 4 is 29.4 Å². The minimum absolute atomic E-state index is 0.0231. The summed E-state index contributed by atoms with van der Waals surface area (Å²) in [6.45, 7) is 3.60. The van der Waals surface area contributed by atoms with Crippen LogP contribution in [0.15, 0.2) is 29.2 Å². The Balaban J connectivity index is 2.55.